The number of esters is 1. The smallest absolute Gasteiger partial charge is 0.340 e. The Hall–Kier alpha value is -3.26. The molecule has 0 unspecified atom stereocenters. The standard InChI is InChI=1S/C19H16ClN3O5/c1-11(2)12-3-5-13(6-4-12)18-21-17(28-22-18)10-27-19(24)15-9-14(23(25)26)7-8-16(15)20/h3-9,11H,10H2,1-2H3. The maximum Gasteiger partial charge on any atom is 0.340 e. The number of carbonyl (C=O) groups excluding carboxylic acids is 1. The summed E-state index contributed by atoms with van der Waals surface area (Å²) in [6, 6.07) is 11.3. The first-order valence-corrected chi connectivity index (χ1v) is 8.77. The van der Waals surface area contributed by atoms with Crippen molar-refractivity contribution in [2.24, 2.45) is 0 Å². The molecular weight excluding hydrogens is 386 g/mol. The topological polar surface area (TPSA) is 108 Å². The number of nitro groups is 1. The van der Waals surface area contributed by atoms with Crippen LogP contribution in [-0.2, 0) is 11.3 Å². The molecule has 0 amide bonds. The fourth-order valence-electron chi connectivity index (χ4n) is 2.44. The van der Waals surface area contributed by atoms with Gasteiger partial charge in [0.25, 0.3) is 11.6 Å². The van der Waals surface area contributed by atoms with E-state index in [4.69, 9.17) is 20.9 Å². The summed E-state index contributed by atoms with van der Waals surface area (Å²) in [5.41, 5.74) is 1.59. The lowest BCUT2D eigenvalue weighted by atomic mass is 10.0. The maximum absolute atomic E-state index is 12.2. The molecule has 0 saturated carbocycles. The van der Waals surface area contributed by atoms with Gasteiger partial charge in [-0.1, -0.05) is 54.9 Å². The molecular formula is C19H16ClN3O5. The predicted molar refractivity (Wildman–Crippen MR) is 101 cm³/mol. The molecule has 3 rings (SSSR count). The zero-order chi connectivity index (χ0) is 20.3. The van der Waals surface area contributed by atoms with E-state index >= 15 is 0 Å². The van der Waals surface area contributed by atoms with Gasteiger partial charge in [-0.05, 0) is 17.5 Å². The van der Waals surface area contributed by atoms with Crippen LogP contribution in [0.15, 0.2) is 47.0 Å². The molecule has 0 bridgehead atoms. The minimum atomic E-state index is -0.824. The monoisotopic (exact) mass is 401 g/mol. The van der Waals surface area contributed by atoms with E-state index in [-0.39, 0.29) is 28.8 Å². The Bertz CT molecular complexity index is 1010. The van der Waals surface area contributed by atoms with E-state index in [0.29, 0.717) is 11.7 Å². The van der Waals surface area contributed by atoms with Crippen molar-refractivity contribution in [3.63, 3.8) is 0 Å². The highest BCUT2D eigenvalue weighted by atomic mass is 35.5. The Kier molecular flexibility index (Phi) is 5.70. The van der Waals surface area contributed by atoms with Crippen LogP contribution in [0.2, 0.25) is 5.02 Å². The minimum Gasteiger partial charge on any atom is -0.452 e. The van der Waals surface area contributed by atoms with E-state index in [2.05, 4.69) is 24.0 Å². The third-order valence-corrected chi connectivity index (χ3v) is 4.34. The van der Waals surface area contributed by atoms with Crippen molar-refractivity contribution in [3.8, 4) is 11.4 Å². The number of aromatic nitrogens is 2. The van der Waals surface area contributed by atoms with Crippen LogP contribution in [0.4, 0.5) is 5.69 Å². The third kappa shape index (κ3) is 4.34. The van der Waals surface area contributed by atoms with Crippen LogP contribution < -0.4 is 0 Å². The molecule has 8 nitrogen and oxygen atoms in total. The number of non-ortho nitro benzene ring substituents is 1. The fraction of sp³-hybridized carbons (Fsp3) is 0.211. The highest BCUT2D eigenvalue weighted by Crippen LogP contribution is 2.24. The lowest BCUT2D eigenvalue weighted by Gasteiger charge is -2.04. The summed E-state index contributed by atoms with van der Waals surface area (Å²) >= 11 is 5.92. The van der Waals surface area contributed by atoms with E-state index in [0.717, 1.165) is 11.6 Å². The van der Waals surface area contributed by atoms with Crippen LogP contribution in [0.1, 0.15) is 41.6 Å². The van der Waals surface area contributed by atoms with Crippen molar-refractivity contribution in [3.05, 3.63) is 74.6 Å². The second-order valence-corrected chi connectivity index (χ2v) is 6.69. The first kappa shape index (κ1) is 19.5. The van der Waals surface area contributed by atoms with Gasteiger partial charge >= 0.3 is 5.97 Å². The van der Waals surface area contributed by atoms with E-state index in [1.54, 1.807) is 0 Å². The Morgan fingerprint density at radius 1 is 1.25 bits per heavy atom. The van der Waals surface area contributed by atoms with Crippen molar-refractivity contribution in [2.45, 2.75) is 26.4 Å². The zero-order valence-electron chi connectivity index (χ0n) is 15.1. The number of halogens is 1. The summed E-state index contributed by atoms with van der Waals surface area (Å²) in [5.74, 6) is 0.0530. The van der Waals surface area contributed by atoms with E-state index < -0.39 is 10.9 Å². The Balaban J connectivity index is 1.68. The first-order valence-electron chi connectivity index (χ1n) is 8.39. The maximum atomic E-state index is 12.2. The summed E-state index contributed by atoms with van der Waals surface area (Å²) in [5, 5.41) is 14.8. The van der Waals surface area contributed by atoms with Crippen LogP contribution in [0.5, 0.6) is 0 Å². The number of rotatable bonds is 6. The lowest BCUT2D eigenvalue weighted by molar-refractivity contribution is -0.384. The van der Waals surface area contributed by atoms with Crippen molar-refractivity contribution in [1.82, 2.24) is 10.1 Å². The van der Waals surface area contributed by atoms with Gasteiger partial charge in [-0.15, -0.1) is 0 Å². The zero-order valence-corrected chi connectivity index (χ0v) is 15.8. The molecule has 0 spiro atoms. The van der Waals surface area contributed by atoms with Crippen LogP contribution in [0, 0.1) is 10.1 Å². The molecule has 0 N–H and O–H groups in total. The number of hydrogen-bond donors (Lipinski definition) is 0. The van der Waals surface area contributed by atoms with Gasteiger partial charge in [0.05, 0.1) is 15.5 Å². The molecule has 9 heteroatoms. The number of ether oxygens (including phenoxy) is 1. The highest BCUT2D eigenvalue weighted by molar-refractivity contribution is 6.33. The van der Waals surface area contributed by atoms with E-state index in [9.17, 15) is 14.9 Å². The largest absolute Gasteiger partial charge is 0.452 e. The van der Waals surface area contributed by atoms with Crippen LogP contribution in [-0.4, -0.2) is 21.0 Å². The molecule has 3 aromatic rings. The molecule has 0 fully saturated rings. The Labute approximate surface area is 165 Å². The number of benzene rings is 2. The van der Waals surface area contributed by atoms with Gasteiger partial charge in [0.15, 0.2) is 6.61 Å². The van der Waals surface area contributed by atoms with Gasteiger partial charge in [0.2, 0.25) is 5.82 Å². The molecule has 1 aromatic heterocycles. The third-order valence-electron chi connectivity index (χ3n) is 4.01. The second-order valence-electron chi connectivity index (χ2n) is 6.29. The molecule has 0 aliphatic heterocycles. The van der Waals surface area contributed by atoms with Crippen molar-refractivity contribution in [2.75, 3.05) is 0 Å². The number of nitrogens with zero attached hydrogens (tertiary/aromatic N) is 3. The van der Waals surface area contributed by atoms with Crippen LogP contribution in [0.3, 0.4) is 0 Å². The lowest BCUT2D eigenvalue weighted by Crippen LogP contribution is -2.07. The summed E-state index contributed by atoms with van der Waals surface area (Å²) < 4.78 is 10.2. The van der Waals surface area contributed by atoms with Gasteiger partial charge in [-0.25, -0.2) is 4.79 Å². The minimum absolute atomic E-state index is 0.0482. The predicted octanol–water partition coefficient (Wildman–Crippen LogP) is 4.78. The Morgan fingerprint density at radius 2 is 1.96 bits per heavy atom. The fourth-order valence-corrected chi connectivity index (χ4v) is 2.63. The molecule has 1 heterocycles. The Morgan fingerprint density at radius 3 is 2.61 bits per heavy atom. The molecule has 28 heavy (non-hydrogen) atoms. The molecule has 144 valence electrons. The highest BCUT2D eigenvalue weighted by Gasteiger charge is 2.18. The summed E-state index contributed by atoms with van der Waals surface area (Å²) in [4.78, 5) is 26.6. The summed E-state index contributed by atoms with van der Waals surface area (Å²) in [6.45, 7) is 3.92. The molecule has 0 radical (unpaired) electrons. The van der Waals surface area contributed by atoms with Crippen molar-refractivity contribution < 1.29 is 19.0 Å². The van der Waals surface area contributed by atoms with E-state index in [1.165, 1.54) is 17.7 Å². The van der Waals surface area contributed by atoms with Crippen molar-refractivity contribution >= 4 is 23.3 Å². The van der Waals surface area contributed by atoms with Gasteiger partial charge in [0, 0.05) is 17.7 Å². The molecule has 0 aliphatic rings. The van der Waals surface area contributed by atoms with Crippen LogP contribution >= 0.6 is 11.6 Å². The van der Waals surface area contributed by atoms with Gasteiger partial charge in [0.1, 0.15) is 0 Å². The summed E-state index contributed by atoms with van der Waals surface area (Å²) in [7, 11) is 0. The SMILES string of the molecule is CC(C)c1ccc(-c2noc(COC(=O)c3cc([N+](=O)[O-])ccc3Cl)n2)cc1. The molecule has 2 aromatic carbocycles. The number of nitro benzene ring substituents is 1. The molecule has 0 atom stereocenters. The normalized spacial score (nSPS) is 10.9. The second kappa shape index (κ2) is 8.18. The van der Waals surface area contributed by atoms with Gasteiger partial charge in [-0.2, -0.15) is 4.98 Å². The number of hydrogen-bond acceptors (Lipinski definition) is 7. The van der Waals surface area contributed by atoms with Crippen LogP contribution in [0.25, 0.3) is 11.4 Å². The molecule has 0 aliphatic carbocycles. The average molecular weight is 402 g/mol. The quantitative estimate of drug-likeness (QED) is 0.332. The number of carbonyl (C=O) groups is 1. The van der Waals surface area contributed by atoms with Gasteiger partial charge < -0.3 is 9.26 Å². The van der Waals surface area contributed by atoms with Gasteiger partial charge in [-0.3, -0.25) is 10.1 Å². The summed E-state index contributed by atoms with van der Waals surface area (Å²) in [6.07, 6.45) is 0. The van der Waals surface area contributed by atoms with E-state index in [1.807, 2.05) is 24.3 Å². The average Bonchev–Trinajstić information content (AvgIpc) is 3.15. The van der Waals surface area contributed by atoms with Crippen molar-refractivity contribution in [1.29, 1.82) is 0 Å². The first-order chi connectivity index (χ1) is 13.3. The molecule has 0 saturated heterocycles.